The van der Waals surface area contributed by atoms with Gasteiger partial charge < -0.3 is 15.2 Å². The second kappa shape index (κ2) is 10.4. The van der Waals surface area contributed by atoms with Gasteiger partial charge in [-0.25, -0.2) is 15.0 Å². The molecule has 2 aromatic carbocycles. The quantitative estimate of drug-likeness (QED) is 0.262. The predicted octanol–water partition coefficient (Wildman–Crippen LogP) is 6.36. The number of hydrogen-bond acceptors (Lipinski definition) is 6. The maximum atomic E-state index is 14.1. The zero-order chi connectivity index (χ0) is 34.5. The van der Waals surface area contributed by atoms with Crippen LogP contribution in [0.1, 0.15) is 38.1 Å². The number of alkyl halides is 3. The SMILES string of the molecule is [2H]c1nc(Nc2c([2H])c(C(=O)Nc3c([2H])c(-n4cnc(C)c4)c([2H])c(C(F)(F)F)c3[2H])c([2H])c([2H])c2C)nc(-c2cccnc2)c1[2H]. The first-order chi connectivity index (χ1) is 22.0. The molecule has 0 spiro atoms. The van der Waals surface area contributed by atoms with Crippen molar-refractivity contribution < 1.29 is 28.9 Å². The fourth-order valence-corrected chi connectivity index (χ4v) is 3.32. The summed E-state index contributed by atoms with van der Waals surface area (Å²) in [6, 6.07) is -2.58. The van der Waals surface area contributed by atoms with Crippen LogP contribution in [0.4, 0.5) is 30.5 Å². The fourth-order valence-electron chi connectivity index (χ4n) is 3.32. The Balaban J connectivity index is 1.63. The Morgan fingerprint density at radius 2 is 1.92 bits per heavy atom. The van der Waals surface area contributed by atoms with E-state index in [9.17, 15) is 18.0 Å². The molecule has 0 aliphatic heterocycles. The summed E-state index contributed by atoms with van der Waals surface area (Å²) in [5.74, 6) is -1.68. The summed E-state index contributed by atoms with van der Waals surface area (Å²) >= 11 is 0. The molecule has 5 aromatic rings. The molecule has 3 aromatic heterocycles. The smallest absolute Gasteiger partial charge is 0.324 e. The lowest BCUT2D eigenvalue weighted by Gasteiger charge is -2.14. The standard InChI is InChI=1S/C28H22F3N7O/c1-17-5-6-19(10-25(17)37-27-33-9-7-24(36-27)20-4-3-8-32-14-20)26(39)35-22-11-21(28(29,30)31)12-23(13-22)38-15-18(2)34-16-38/h3-16H,1-2H3,(H,35,39)(H,33,36,37)/i5D,6D,7D,9D,10D,11D,12D,13D. The third-order valence-electron chi connectivity index (χ3n) is 5.18. The van der Waals surface area contributed by atoms with Gasteiger partial charge in [0, 0.05) is 53.0 Å². The van der Waals surface area contributed by atoms with Gasteiger partial charge in [0.2, 0.25) is 5.95 Å². The maximum absolute atomic E-state index is 14.1. The number of benzene rings is 2. The molecule has 5 rings (SSSR count). The third kappa shape index (κ3) is 5.93. The van der Waals surface area contributed by atoms with Crippen molar-refractivity contribution in [3.63, 3.8) is 0 Å². The number of nitrogens with zero attached hydrogens (tertiary/aromatic N) is 5. The lowest BCUT2D eigenvalue weighted by atomic mass is 10.1. The third-order valence-corrected chi connectivity index (χ3v) is 5.18. The molecule has 0 bridgehead atoms. The molecule has 1 amide bonds. The molecule has 8 nitrogen and oxygen atoms in total. The normalized spacial score (nSPS) is 14.2. The zero-order valence-electron chi connectivity index (χ0n) is 28.2. The Morgan fingerprint density at radius 1 is 1.08 bits per heavy atom. The highest BCUT2D eigenvalue weighted by molar-refractivity contribution is 6.05. The molecule has 2 N–H and O–H groups in total. The van der Waals surface area contributed by atoms with Gasteiger partial charge in [-0.2, -0.15) is 13.2 Å². The Kier molecular flexibility index (Phi) is 4.64. The van der Waals surface area contributed by atoms with Crippen molar-refractivity contribution in [1.29, 1.82) is 0 Å². The maximum Gasteiger partial charge on any atom is 0.416 e. The Bertz CT molecular complexity index is 2070. The van der Waals surface area contributed by atoms with Crippen LogP contribution in [0, 0.1) is 13.8 Å². The first-order valence-electron chi connectivity index (χ1n) is 15.2. The summed E-state index contributed by atoms with van der Waals surface area (Å²) in [5, 5.41) is 4.71. The number of nitrogens with one attached hydrogen (secondary N) is 2. The molecule has 0 aliphatic carbocycles. The van der Waals surface area contributed by atoms with Crippen LogP contribution in [0.15, 0.2) is 85.5 Å². The number of halogens is 3. The van der Waals surface area contributed by atoms with Crippen molar-refractivity contribution >= 4 is 23.2 Å². The summed E-state index contributed by atoms with van der Waals surface area (Å²) in [6.45, 7) is 2.89. The summed E-state index contributed by atoms with van der Waals surface area (Å²) in [4.78, 5) is 29.6. The molecular formula is C28H22F3N7O. The first-order valence-corrected chi connectivity index (χ1v) is 11.2. The number of carbonyl (C=O) groups excluding carboxylic acids is 1. The van der Waals surface area contributed by atoms with E-state index in [0.717, 1.165) is 10.9 Å². The van der Waals surface area contributed by atoms with Crippen molar-refractivity contribution in [3.05, 3.63) is 108 Å². The molecular weight excluding hydrogens is 507 g/mol. The van der Waals surface area contributed by atoms with Crippen LogP contribution in [0.25, 0.3) is 16.9 Å². The van der Waals surface area contributed by atoms with Crippen LogP contribution < -0.4 is 10.6 Å². The minimum absolute atomic E-state index is 0.0115. The van der Waals surface area contributed by atoms with Crippen LogP contribution in [0.3, 0.4) is 0 Å². The van der Waals surface area contributed by atoms with Crippen LogP contribution in [-0.4, -0.2) is 30.4 Å². The van der Waals surface area contributed by atoms with Gasteiger partial charge in [0.1, 0.15) is 0 Å². The molecule has 0 saturated heterocycles. The van der Waals surface area contributed by atoms with Crippen molar-refractivity contribution in [3.8, 4) is 16.9 Å². The highest BCUT2D eigenvalue weighted by Gasteiger charge is 2.31. The van der Waals surface area contributed by atoms with Gasteiger partial charge in [-0.3, -0.25) is 9.78 Å². The number of amides is 1. The molecule has 0 fully saturated rings. The van der Waals surface area contributed by atoms with E-state index in [1.54, 1.807) is 12.1 Å². The minimum atomic E-state index is -5.23. The Hall–Kier alpha value is -5.06. The number of anilines is 3. The highest BCUT2D eigenvalue weighted by atomic mass is 19.4. The van der Waals surface area contributed by atoms with Gasteiger partial charge in [0.25, 0.3) is 5.91 Å². The number of rotatable bonds is 6. The molecule has 0 radical (unpaired) electrons. The summed E-state index contributed by atoms with van der Waals surface area (Å²) in [6.07, 6.45) is -0.509. The van der Waals surface area contributed by atoms with Crippen LogP contribution >= 0.6 is 0 Å². The summed E-state index contributed by atoms with van der Waals surface area (Å²) < 4.78 is 110. The van der Waals surface area contributed by atoms with Crippen molar-refractivity contribution in [1.82, 2.24) is 24.5 Å². The number of aromatic nitrogens is 5. The van der Waals surface area contributed by atoms with E-state index in [2.05, 4.69) is 25.3 Å². The van der Waals surface area contributed by atoms with Gasteiger partial charge in [-0.05, 0) is 67.8 Å². The molecule has 0 unspecified atom stereocenters. The largest absolute Gasteiger partial charge is 0.416 e. The van der Waals surface area contributed by atoms with E-state index in [-0.39, 0.29) is 28.9 Å². The number of pyridine rings is 1. The summed E-state index contributed by atoms with van der Waals surface area (Å²) in [5.41, 5.74) is -3.63. The number of carbonyl (C=O) groups is 1. The Labute approximate surface area is 232 Å². The molecule has 0 saturated carbocycles. The van der Waals surface area contributed by atoms with Crippen molar-refractivity contribution in [2.45, 2.75) is 20.0 Å². The highest BCUT2D eigenvalue weighted by Crippen LogP contribution is 2.33. The molecule has 0 atom stereocenters. The molecule has 39 heavy (non-hydrogen) atoms. The molecule has 11 heteroatoms. The average Bonchev–Trinajstić information content (AvgIpc) is 3.43. The molecule has 3 heterocycles. The van der Waals surface area contributed by atoms with Crippen molar-refractivity contribution in [2.24, 2.45) is 0 Å². The van der Waals surface area contributed by atoms with Gasteiger partial charge in [0.15, 0.2) is 0 Å². The van der Waals surface area contributed by atoms with Gasteiger partial charge in [0.05, 0.1) is 34.2 Å². The number of imidazole rings is 1. The predicted molar refractivity (Wildman–Crippen MR) is 141 cm³/mol. The fraction of sp³-hybridized carbons (Fsp3) is 0.107. The average molecular weight is 538 g/mol. The van der Waals surface area contributed by atoms with Crippen LogP contribution in [0.2, 0.25) is 0 Å². The number of hydrogen-bond donors (Lipinski definition) is 2. The van der Waals surface area contributed by atoms with E-state index < -0.39 is 77.0 Å². The van der Waals surface area contributed by atoms with Gasteiger partial charge >= 0.3 is 6.18 Å². The van der Waals surface area contributed by atoms with Crippen LogP contribution in [0.5, 0.6) is 0 Å². The van der Waals surface area contributed by atoms with E-state index in [4.69, 9.17) is 11.0 Å². The second-order valence-electron chi connectivity index (χ2n) is 8.10. The lowest BCUT2D eigenvalue weighted by molar-refractivity contribution is -0.137. The van der Waals surface area contributed by atoms with Gasteiger partial charge in [-0.15, -0.1) is 0 Å². The van der Waals surface area contributed by atoms with E-state index in [1.165, 1.54) is 32.4 Å². The minimum Gasteiger partial charge on any atom is -0.324 e. The lowest BCUT2D eigenvalue weighted by Crippen LogP contribution is -2.14. The van der Waals surface area contributed by atoms with Gasteiger partial charge in [-0.1, -0.05) is 6.04 Å². The zero-order valence-corrected chi connectivity index (χ0v) is 20.2. The molecule has 0 aliphatic rings. The van der Waals surface area contributed by atoms with E-state index in [1.807, 2.05) is 5.32 Å². The van der Waals surface area contributed by atoms with Crippen molar-refractivity contribution in [2.75, 3.05) is 10.6 Å². The van der Waals surface area contributed by atoms with Crippen LogP contribution in [-0.2, 0) is 6.18 Å². The van der Waals surface area contributed by atoms with E-state index in [0.29, 0.717) is 11.3 Å². The van der Waals surface area contributed by atoms with E-state index >= 15 is 0 Å². The number of aryl methyl sites for hydroxylation is 1. The Morgan fingerprint density at radius 3 is 2.64 bits per heavy atom. The summed E-state index contributed by atoms with van der Waals surface area (Å²) in [7, 11) is 0. The second-order valence-corrected chi connectivity index (χ2v) is 8.10. The first kappa shape index (κ1) is 17.4. The monoisotopic (exact) mass is 537 g/mol. The topological polar surface area (TPSA) is 97.6 Å². The molecule has 196 valence electrons.